The molecule has 0 aromatic rings. The fourth-order valence-electron chi connectivity index (χ4n) is 6.48. The lowest BCUT2D eigenvalue weighted by Crippen LogP contribution is -2.41. The van der Waals surface area contributed by atoms with Gasteiger partial charge in [-0.2, -0.15) is 0 Å². The van der Waals surface area contributed by atoms with Crippen LogP contribution < -0.4 is 0 Å². The average molecular weight is 348 g/mol. The highest BCUT2D eigenvalue weighted by Crippen LogP contribution is 2.69. The van der Waals surface area contributed by atoms with Crippen LogP contribution >= 0.6 is 0 Å². The van der Waals surface area contributed by atoms with Gasteiger partial charge < -0.3 is 14.2 Å². The summed E-state index contributed by atoms with van der Waals surface area (Å²) in [7, 11) is 0. The number of fused-ring (bicyclic) bond motifs is 9. The third-order valence-electron chi connectivity index (χ3n) is 7.16. The monoisotopic (exact) mass is 348 g/mol. The molecule has 4 fully saturated rings. The van der Waals surface area contributed by atoms with Crippen molar-refractivity contribution in [2.45, 2.75) is 45.6 Å². The van der Waals surface area contributed by atoms with Gasteiger partial charge in [0, 0.05) is 12.2 Å². The molecule has 0 aromatic heterocycles. The largest absolute Gasteiger partial charge is 0.459 e. The molecule has 0 amide bonds. The first-order chi connectivity index (χ1) is 12.0. The molecular formula is C20H28O5. The number of esters is 2. The highest BCUT2D eigenvalue weighted by Gasteiger charge is 2.66. The maximum absolute atomic E-state index is 12.5. The van der Waals surface area contributed by atoms with Crippen LogP contribution in [0.2, 0.25) is 0 Å². The summed E-state index contributed by atoms with van der Waals surface area (Å²) in [5.41, 5.74) is 0.463. The molecule has 0 saturated heterocycles. The van der Waals surface area contributed by atoms with E-state index in [2.05, 4.69) is 6.58 Å². The maximum Gasteiger partial charge on any atom is 0.333 e. The second kappa shape index (κ2) is 6.42. The lowest BCUT2D eigenvalue weighted by molar-refractivity contribution is -0.166. The minimum atomic E-state index is -0.273. The van der Waals surface area contributed by atoms with Crippen LogP contribution in [-0.4, -0.2) is 31.4 Å². The van der Waals surface area contributed by atoms with Gasteiger partial charge >= 0.3 is 11.9 Å². The van der Waals surface area contributed by atoms with Gasteiger partial charge in [0.2, 0.25) is 0 Å². The Kier molecular flexibility index (Phi) is 4.38. The Hall–Kier alpha value is -1.36. The van der Waals surface area contributed by atoms with Crippen molar-refractivity contribution in [2.24, 2.45) is 41.4 Å². The second-order valence-electron chi connectivity index (χ2n) is 8.35. The van der Waals surface area contributed by atoms with E-state index < -0.39 is 0 Å². The Morgan fingerprint density at radius 2 is 1.76 bits per heavy atom. The van der Waals surface area contributed by atoms with Crippen molar-refractivity contribution in [1.82, 2.24) is 0 Å². The zero-order chi connectivity index (χ0) is 17.7. The molecule has 0 spiro atoms. The summed E-state index contributed by atoms with van der Waals surface area (Å²) in [5, 5.41) is 0. The molecule has 0 N–H and O–H groups in total. The minimum Gasteiger partial charge on any atom is -0.459 e. The predicted octanol–water partition coefficient (Wildman–Crippen LogP) is 2.94. The van der Waals surface area contributed by atoms with Crippen LogP contribution in [0.15, 0.2) is 12.2 Å². The number of ether oxygens (including phenoxy) is 3. The van der Waals surface area contributed by atoms with Crippen molar-refractivity contribution in [1.29, 1.82) is 0 Å². The molecule has 4 bridgehead atoms. The van der Waals surface area contributed by atoms with Crippen molar-refractivity contribution in [2.75, 3.05) is 13.4 Å². The predicted molar refractivity (Wildman–Crippen MR) is 90.2 cm³/mol. The molecule has 4 saturated carbocycles. The van der Waals surface area contributed by atoms with E-state index in [0.717, 1.165) is 31.6 Å². The summed E-state index contributed by atoms with van der Waals surface area (Å²) in [4.78, 5) is 24.4. The van der Waals surface area contributed by atoms with Crippen LogP contribution in [-0.2, 0) is 23.8 Å². The molecule has 0 aromatic carbocycles. The highest BCUT2D eigenvalue weighted by molar-refractivity contribution is 5.87. The fraction of sp³-hybridized carbons (Fsp3) is 0.800. The fourth-order valence-corrected chi connectivity index (χ4v) is 6.48. The van der Waals surface area contributed by atoms with Crippen LogP contribution in [0.3, 0.4) is 0 Å². The SMILES string of the molecule is C=C(C)C(=O)OC1CC2CC1C1C3CC(CC3C(=O)OCOCC)C21. The first-order valence-corrected chi connectivity index (χ1v) is 9.62. The number of carbonyl (C=O) groups excluding carboxylic acids is 2. The summed E-state index contributed by atoms with van der Waals surface area (Å²) < 4.78 is 16.2. The van der Waals surface area contributed by atoms with Crippen molar-refractivity contribution >= 4 is 11.9 Å². The van der Waals surface area contributed by atoms with Gasteiger partial charge in [-0.05, 0) is 75.0 Å². The quantitative estimate of drug-likeness (QED) is 0.243. The van der Waals surface area contributed by atoms with Crippen molar-refractivity contribution in [3.8, 4) is 0 Å². The van der Waals surface area contributed by atoms with Gasteiger partial charge in [0.05, 0.1) is 5.92 Å². The standard InChI is InChI=1S/C20H28O5/c1-4-23-9-24-20(22)14-6-11-5-13(14)18-15-7-12(17(11)18)8-16(15)25-19(21)10(2)3/h11-18H,2,4-9H2,1,3H3. The first kappa shape index (κ1) is 17.1. The van der Waals surface area contributed by atoms with Gasteiger partial charge in [0.25, 0.3) is 0 Å². The molecule has 5 nitrogen and oxygen atoms in total. The minimum absolute atomic E-state index is 0.00329. The Morgan fingerprint density at radius 3 is 2.48 bits per heavy atom. The number of carbonyl (C=O) groups is 2. The summed E-state index contributed by atoms with van der Waals surface area (Å²) in [5.74, 6) is 2.99. The molecule has 5 heteroatoms. The van der Waals surface area contributed by atoms with Gasteiger partial charge in [-0.3, -0.25) is 4.79 Å². The lowest BCUT2D eigenvalue weighted by atomic mass is 9.67. The van der Waals surface area contributed by atoms with Gasteiger partial charge in [0.15, 0.2) is 6.79 Å². The molecule has 0 heterocycles. The molecule has 8 unspecified atom stereocenters. The number of hydrogen-bond donors (Lipinski definition) is 0. The van der Waals surface area contributed by atoms with E-state index in [4.69, 9.17) is 14.2 Å². The van der Waals surface area contributed by atoms with E-state index in [1.54, 1.807) is 6.92 Å². The number of hydrogen-bond acceptors (Lipinski definition) is 5. The van der Waals surface area contributed by atoms with E-state index >= 15 is 0 Å². The van der Waals surface area contributed by atoms with Gasteiger partial charge in [-0.25, -0.2) is 4.79 Å². The summed E-state index contributed by atoms with van der Waals surface area (Å²) in [6.07, 6.45) is 4.26. The Bertz CT molecular complexity index is 585. The van der Waals surface area contributed by atoms with Crippen LogP contribution in [0.4, 0.5) is 0 Å². The normalized spacial score (nSPS) is 43.1. The molecule has 4 aliphatic rings. The molecule has 25 heavy (non-hydrogen) atoms. The summed E-state index contributed by atoms with van der Waals surface area (Å²) in [6.45, 7) is 7.88. The molecule has 138 valence electrons. The molecule has 0 aliphatic heterocycles. The van der Waals surface area contributed by atoms with Gasteiger partial charge in [-0.1, -0.05) is 6.58 Å². The summed E-state index contributed by atoms with van der Waals surface area (Å²) >= 11 is 0. The van der Waals surface area contributed by atoms with Crippen LogP contribution in [0.5, 0.6) is 0 Å². The van der Waals surface area contributed by atoms with E-state index in [1.165, 1.54) is 0 Å². The maximum atomic E-state index is 12.5. The van der Waals surface area contributed by atoms with E-state index in [9.17, 15) is 9.59 Å². The smallest absolute Gasteiger partial charge is 0.333 e. The highest BCUT2D eigenvalue weighted by atomic mass is 16.7. The van der Waals surface area contributed by atoms with Crippen molar-refractivity contribution in [3.63, 3.8) is 0 Å². The van der Waals surface area contributed by atoms with Crippen molar-refractivity contribution in [3.05, 3.63) is 12.2 Å². The zero-order valence-electron chi connectivity index (χ0n) is 15.1. The Labute approximate surface area is 149 Å². The van der Waals surface area contributed by atoms with Crippen molar-refractivity contribution < 1.29 is 23.8 Å². The Morgan fingerprint density at radius 1 is 1.04 bits per heavy atom. The Balaban J connectivity index is 1.43. The molecular weight excluding hydrogens is 320 g/mol. The van der Waals surface area contributed by atoms with Crippen LogP contribution in [0.1, 0.15) is 39.5 Å². The third-order valence-corrected chi connectivity index (χ3v) is 7.16. The topological polar surface area (TPSA) is 61.8 Å². The van der Waals surface area contributed by atoms with E-state index in [-0.39, 0.29) is 30.8 Å². The lowest BCUT2D eigenvalue weighted by Gasteiger charge is -2.40. The second-order valence-corrected chi connectivity index (χ2v) is 8.35. The van der Waals surface area contributed by atoms with E-state index in [1.807, 2.05) is 6.92 Å². The molecule has 4 rings (SSSR count). The summed E-state index contributed by atoms with van der Waals surface area (Å²) in [6, 6.07) is 0. The first-order valence-electron chi connectivity index (χ1n) is 9.62. The van der Waals surface area contributed by atoms with Crippen LogP contribution in [0, 0.1) is 41.4 Å². The molecule has 8 atom stereocenters. The van der Waals surface area contributed by atoms with Gasteiger partial charge in [0.1, 0.15) is 6.10 Å². The number of rotatable bonds is 6. The molecule has 4 aliphatic carbocycles. The third kappa shape index (κ3) is 2.71. The van der Waals surface area contributed by atoms with Gasteiger partial charge in [-0.15, -0.1) is 0 Å². The van der Waals surface area contributed by atoms with Crippen LogP contribution in [0.25, 0.3) is 0 Å². The molecule has 0 radical (unpaired) electrons. The zero-order valence-corrected chi connectivity index (χ0v) is 15.1. The van der Waals surface area contributed by atoms with E-state index in [0.29, 0.717) is 41.8 Å². The average Bonchev–Trinajstić information content (AvgIpc) is 3.32.